The van der Waals surface area contributed by atoms with E-state index in [4.69, 9.17) is 0 Å². The van der Waals surface area contributed by atoms with E-state index in [1.807, 2.05) is 24.3 Å². The van der Waals surface area contributed by atoms with Gasteiger partial charge >= 0.3 is 0 Å². The van der Waals surface area contributed by atoms with Gasteiger partial charge in [-0.3, -0.25) is 9.59 Å². The number of amides is 2. The van der Waals surface area contributed by atoms with E-state index in [0.717, 1.165) is 24.6 Å². The molecule has 0 spiro atoms. The Morgan fingerprint density at radius 1 is 1.19 bits per heavy atom. The van der Waals surface area contributed by atoms with Crippen LogP contribution >= 0.6 is 0 Å². The second-order valence-corrected chi connectivity index (χ2v) is 5.45. The molecule has 3 N–H and O–H groups in total. The minimum absolute atomic E-state index is 0.000292. The Hall–Kier alpha value is -1.88. The molecule has 2 rings (SSSR count). The minimum atomic E-state index is -0.209. The molecule has 1 fully saturated rings. The molecular weight excluding hydrogens is 266 g/mol. The maximum Gasteiger partial charge on any atom is 0.243 e. The quantitative estimate of drug-likeness (QED) is 0.675. The summed E-state index contributed by atoms with van der Waals surface area (Å²) in [6.45, 7) is 3.23. The topological polar surface area (TPSA) is 70.2 Å². The Labute approximate surface area is 125 Å². The van der Waals surface area contributed by atoms with Crippen molar-refractivity contribution < 1.29 is 9.59 Å². The Kier molecular flexibility index (Phi) is 5.75. The number of rotatable bonds is 8. The van der Waals surface area contributed by atoms with Gasteiger partial charge in [0, 0.05) is 5.69 Å². The maximum atomic E-state index is 11.8. The van der Waals surface area contributed by atoms with Crippen molar-refractivity contribution in [3.63, 3.8) is 0 Å². The summed E-state index contributed by atoms with van der Waals surface area (Å²) < 4.78 is 0. The fraction of sp³-hybridized carbons (Fsp3) is 0.500. The number of nitrogens with one attached hydrogen (secondary N) is 3. The maximum absolute atomic E-state index is 11.8. The molecule has 0 atom stereocenters. The first-order chi connectivity index (χ1) is 10.2. The van der Waals surface area contributed by atoms with Gasteiger partial charge in [-0.1, -0.05) is 19.1 Å². The van der Waals surface area contributed by atoms with Crippen LogP contribution in [-0.2, 0) is 16.0 Å². The molecule has 0 aromatic heterocycles. The van der Waals surface area contributed by atoms with Gasteiger partial charge in [-0.2, -0.15) is 0 Å². The van der Waals surface area contributed by atoms with Crippen LogP contribution in [0.1, 0.15) is 25.3 Å². The van der Waals surface area contributed by atoms with Crippen LogP contribution < -0.4 is 16.0 Å². The molecule has 1 aliphatic carbocycles. The molecule has 5 heteroatoms. The molecule has 0 heterocycles. The van der Waals surface area contributed by atoms with Crippen LogP contribution in [0.4, 0.5) is 5.69 Å². The number of carbonyl (C=O) groups is 2. The Morgan fingerprint density at radius 3 is 2.71 bits per heavy atom. The van der Waals surface area contributed by atoms with Gasteiger partial charge in [0.2, 0.25) is 11.8 Å². The van der Waals surface area contributed by atoms with Gasteiger partial charge in [-0.15, -0.1) is 0 Å². The second-order valence-electron chi connectivity index (χ2n) is 5.45. The van der Waals surface area contributed by atoms with Crippen molar-refractivity contribution in [2.45, 2.75) is 26.2 Å². The molecule has 0 aliphatic heterocycles. The van der Waals surface area contributed by atoms with E-state index in [2.05, 4.69) is 22.9 Å². The van der Waals surface area contributed by atoms with Crippen molar-refractivity contribution in [2.24, 2.45) is 5.92 Å². The lowest BCUT2D eigenvalue weighted by molar-refractivity contribution is -0.123. The van der Waals surface area contributed by atoms with Crippen LogP contribution in [0.5, 0.6) is 0 Å². The molecule has 0 bridgehead atoms. The van der Waals surface area contributed by atoms with Gasteiger partial charge in [0.1, 0.15) is 0 Å². The normalized spacial score (nSPS) is 13.8. The zero-order valence-corrected chi connectivity index (χ0v) is 12.4. The van der Waals surface area contributed by atoms with Crippen LogP contribution in [0.2, 0.25) is 0 Å². The first kappa shape index (κ1) is 15.5. The van der Waals surface area contributed by atoms with E-state index < -0.39 is 0 Å². The van der Waals surface area contributed by atoms with Crippen LogP contribution in [0.3, 0.4) is 0 Å². The Morgan fingerprint density at radius 2 is 2.00 bits per heavy atom. The van der Waals surface area contributed by atoms with Crippen molar-refractivity contribution in [1.82, 2.24) is 10.6 Å². The highest BCUT2D eigenvalue weighted by Crippen LogP contribution is 2.27. The molecule has 114 valence electrons. The molecule has 0 radical (unpaired) electrons. The first-order valence-corrected chi connectivity index (χ1v) is 7.53. The number of carbonyl (C=O) groups excluding carboxylic acids is 2. The van der Waals surface area contributed by atoms with E-state index in [0.29, 0.717) is 0 Å². The van der Waals surface area contributed by atoms with Crippen molar-refractivity contribution >= 4 is 17.5 Å². The number of benzene rings is 1. The van der Waals surface area contributed by atoms with Gasteiger partial charge in [0.25, 0.3) is 0 Å². The summed E-state index contributed by atoms with van der Waals surface area (Å²) in [7, 11) is 0. The number of hydrogen-bond donors (Lipinski definition) is 3. The summed E-state index contributed by atoms with van der Waals surface area (Å²) in [5.74, 6) is 0.388. The SMILES string of the molecule is CCc1cccc(NC(=O)CNC(=O)CNCC2CC2)c1. The predicted molar refractivity (Wildman–Crippen MR) is 83.1 cm³/mol. The molecule has 1 aromatic carbocycles. The number of anilines is 1. The van der Waals surface area contributed by atoms with Crippen molar-refractivity contribution in [3.05, 3.63) is 29.8 Å². The standard InChI is InChI=1S/C16H23N3O2/c1-2-12-4-3-5-14(8-12)19-16(21)11-18-15(20)10-17-9-13-6-7-13/h3-5,8,13,17H,2,6-7,9-11H2,1H3,(H,18,20)(H,19,21). The van der Waals surface area contributed by atoms with Crippen molar-refractivity contribution in [2.75, 3.05) is 25.0 Å². The lowest BCUT2D eigenvalue weighted by Gasteiger charge is -2.08. The third-order valence-corrected chi connectivity index (χ3v) is 3.48. The Bertz CT molecular complexity index is 498. The van der Waals surface area contributed by atoms with Gasteiger partial charge in [0.15, 0.2) is 0 Å². The van der Waals surface area contributed by atoms with Gasteiger partial charge in [0.05, 0.1) is 13.1 Å². The lowest BCUT2D eigenvalue weighted by Crippen LogP contribution is -2.38. The molecule has 2 amide bonds. The summed E-state index contributed by atoms with van der Waals surface area (Å²) in [6, 6.07) is 7.71. The van der Waals surface area contributed by atoms with Crippen LogP contribution in [0.15, 0.2) is 24.3 Å². The van der Waals surface area contributed by atoms with E-state index in [1.54, 1.807) is 0 Å². The van der Waals surface area contributed by atoms with Crippen LogP contribution in [-0.4, -0.2) is 31.4 Å². The summed E-state index contributed by atoms with van der Waals surface area (Å²) in [5.41, 5.74) is 1.93. The summed E-state index contributed by atoms with van der Waals surface area (Å²) in [4.78, 5) is 23.3. The zero-order chi connectivity index (χ0) is 15.1. The third-order valence-electron chi connectivity index (χ3n) is 3.48. The number of hydrogen-bond acceptors (Lipinski definition) is 3. The molecule has 0 saturated heterocycles. The lowest BCUT2D eigenvalue weighted by atomic mass is 10.1. The highest BCUT2D eigenvalue weighted by atomic mass is 16.2. The van der Waals surface area contributed by atoms with Gasteiger partial charge < -0.3 is 16.0 Å². The molecule has 5 nitrogen and oxygen atoms in total. The molecular formula is C16H23N3O2. The molecule has 0 unspecified atom stereocenters. The fourth-order valence-electron chi connectivity index (χ4n) is 2.03. The van der Waals surface area contributed by atoms with Crippen molar-refractivity contribution in [1.29, 1.82) is 0 Å². The second kappa shape index (κ2) is 7.78. The minimum Gasteiger partial charge on any atom is -0.346 e. The summed E-state index contributed by atoms with van der Waals surface area (Å²) >= 11 is 0. The molecule has 1 saturated carbocycles. The monoisotopic (exact) mass is 289 g/mol. The first-order valence-electron chi connectivity index (χ1n) is 7.53. The smallest absolute Gasteiger partial charge is 0.243 e. The summed E-state index contributed by atoms with van der Waals surface area (Å²) in [6.07, 6.45) is 3.44. The number of aryl methyl sites for hydroxylation is 1. The van der Waals surface area contributed by atoms with Gasteiger partial charge in [-0.05, 0) is 49.4 Å². The fourth-order valence-corrected chi connectivity index (χ4v) is 2.03. The highest BCUT2D eigenvalue weighted by Gasteiger charge is 2.20. The third kappa shape index (κ3) is 5.95. The molecule has 21 heavy (non-hydrogen) atoms. The van der Waals surface area contributed by atoms with Crippen LogP contribution in [0, 0.1) is 5.92 Å². The predicted octanol–water partition coefficient (Wildman–Crippen LogP) is 1.30. The zero-order valence-electron chi connectivity index (χ0n) is 12.4. The molecule has 1 aliphatic rings. The van der Waals surface area contributed by atoms with E-state index in [9.17, 15) is 9.59 Å². The average Bonchev–Trinajstić information content (AvgIpc) is 3.29. The van der Waals surface area contributed by atoms with Crippen LogP contribution in [0.25, 0.3) is 0 Å². The van der Waals surface area contributed by atoms with Crippen molar-refractivity contribution in [3.8, 4) is 0 Å². The van der Waals surface area contributed by atoms with E-state index in [1.165, 1.54) is 18.4 Å². The largest absolute Gasteiger partial charge is 0.346 e. The van der Waals surface area contributed by atoms with E-state index in [-0.39, 0.29) is 24.9 Å². The average molecular weight is 289 g/mol. The van der Waals surface area contributed by atoms with Gasteiger partial charge in [-0.25, -0.2) is 0 Å². The Balaban J connectivity index is 1.64. The summed E-state index contributed by atoms with van der Waals surface area (Å²) in [5, 5.41) is 8.49. The van der Waals surface area contributed by atoms with E-state index >= 15 is 0 Å². The highest BCUT2D eigenvalue weighted by molar-refractivity contribution is 5.94. The molecule has 1 aromatic rings.